The standard InChI is InChI=1S/C12H11F3O/c1-3-7(2)6-10(16)8-4-5-9(13)12(15)11(8)14/h4-5H,2-3,6H2,1H3. The molecule has 0 aliphatic rings. The van der Waals surface area contributed by atoms with Gasteiger partial charge in [0, 0.05) is 6.42 Å². The van der Waals surface area contributed by atoms with Gasteiger partial charge in [-0.05, 0) is 18.6 Å². The summed E-state index contributed by atoms with van der Waals surface area (Å²) in [5.74, 6) is -4.95. The molecule has 1 nitrogen and oxygen atoms in total. The predicted octanol–water partition coefficient (Wildman–Crippen LogP) is 3.64. The first-order valence-electron chi connectivity index (χ1n) is 4.80. The molecule has 0 saturated heterocycles. The largest absolute Gasteiger partial charge is 0.294 e. The van der Waals surface area contributed by atoms with E-state index in [1.807, 2.05) is 0 Å². The fourth-order valence-electron chi connectivity index (χ4n) is 1.19. The SMILES string of the molecule is C=C(CC)CC(=O)c1ccc(F)c(F)c1F. The lowest BCUT2D eigenvalue weighted by Crippen LogP contribution is -2.06. The molecule has 1 aromatic carbocycles. The predicted molar refractivity (Wildman–Crippen MR) is 54.7 cm³/mol. The molecule has 0 fully saturated rings. The highest BCUT2D eigenvalue weighted by molar-refractivity contribution is 5.97. The lowest BCUT2D eigenvalue weighted by molar-refractivity contribution is 0.0987. The minimum atomic E-state index is -1.62. The van der Waals surface area contributed by atoms with Crippen molar-refractivity contribution in [2.45, 2.75) is 19.8 Å². The van der Waals surface area contributed by atoms with Crippen LogP contribution in [0.3, 0.4) is 0 Å². The molecule has 86 valence electrons. The van der Waals surface area contributed by atoms with Crippen molar-refractivity contribution in [3.8, 4) is 0 Å². The minimum absolute atomic E-state index is 0.0571. The van der Waals surface area contributed by atoms with Crippen LogP contribution in [0.4, 0.5) is 13.2 Å². The summed E-state index contributed by atoms with van der Waals surface area (Å²) >= 11 is 0. The van der Waals surface area contributed by atoms with E-state index in [2.05, 4.69) is 6.58 Å². The fraction of sp³-hybridized carbons (Fsp3) is 0.250. The van der Waals surface area contributed by atoms with Crippen LogP contribution in [0, 0.1) is 17.5 Å². The van der Waals surface area contributed by atoms with Crippen LogP contribution in [0.1, 0.15) is 30.1 Å². The summed E-state index contributed by atoms with van der Waals surface area (Å²) in [7, 11) is 0. The van der Waals surface area contributed by atoms with Gasteiger partial charge in [-0.1, -0.05) is 19.1 Å². The molecule has 0 amide bonds. The maximum Gasteiger partial charge on any atom is 0.195 e. The lowest BCUT2D eigenvalue weighted by atomic mass is 10.0. The molecule has 0 aromatic heterocycles. The van der Waals surface area contributed by atoms with Crippen molar-refractivity contribution >= 4 is 5.78 Å². The molecule has 0 radical (unpaired) electrons. The molecule has 1 aromatic rings. The van der Waals surface area contributed by atoms with Crippen LogP contribution in [-0.2, 0) is 0 Å². The van der Waals surface area contributed by atoms with Crippen molar-refractivity contribution in [2.75, 3.05) is 0 Å². The highest BCUT2D eigenvalue weighted by Crippen LogP contribution is 2.18. The summed E-state index contributed by atoms with van der Waals surface area (Å²) < 4.78 is 38.7. The van der Waals surface area contributed by atoms with E-state index in [0.29, 0.717) is 12.0 Å². The molecule has 0 bridgehead atoms. The Hall–Kier alpha value is -1.58. The molecule has 0 N–H and O–H groups in total. The molecule has 0 unspecified atom stereocenters. The van der Waals surface area contributed by atoms with Gasteiger partial charge in [0.15, 0.2) is 23.2 Å². The second kappa shape index (κ2) is 4.96. The Balaban J connectivity index is 3.01. The van der Waals surface area contributed by atoms with E-state index >= 15 is 0 Å². The molecular weight excluding hydrogens is 217 g/mol. The number of carbonyl (C=O) groups is 1. The zero-order valence-electron chi connectivity index (χ0n) is 8.82. The van der Waals surface area contributed by atoms with Crippen LogP contribution in [0.5, 0.6) is 0 Å². The van der Waals surface area contributed by atoms with E-state index in [1.54, 1.807) is 6.92 Å². The van der Waals surface area contributed by atoms with Crippen molar-refractivity contribution in [3.05, 3.63) is 47.3 Å². The van der Waals surface area contributed by atoms with Crippen LogP contribution in [0.2, 0.25) is 0 Å². The maximum absolute atomic E-state index is 13.2. The second-order valence-electron chi connectivity index (χ2n) is 3.43. The second-order valence-corrected chi connectivity index (χ2v) is 3.43. The van der Waals surface area contributed by atoms with Gasteiger partial charge in [-0.3, -0.25) is 4.79 Å². The van der Waals surface area contributed by atoms with Gasteiger partial charge in [0.25, 0.3) is 0 Å². The fourth-order valence-corrected chi connectivity index (χ4v) is 1.19. The molecule has 1 rings (SSSR count). The van der Waals surface area contributed by atoms with Gasteiger partial charge in [0.2, 0.25) is 0 Å². The molecular formula is C12H11F3O. The molecule has 0 aliphatic carbocycles. The third-order valence-electron chi connectivity index (χ3n) is 2.25. The number of hydrogen-bond donors (Lipinski definition) is 0. The van der Waals surface area contributed by atoms with E-state index in [9.17, 15) is 18.0 Å². The molecule has 0 saturated carbocycles. The van der Waals surface area contributed by atoms with Crippen LogP contribution < -0.4 is 0 Å². The minimum Gasteiger partial charge on any atom is -0.294 e. The Kier molecular flexibility index (Phi) is 3.88. The first-order valence-corrected chi connectivity index (χ1v) is 4.80. The van der Waals surface area contributed by atoms with Crippen molar-refractivity contribution in [3.63, 3.8) is 0 Å². The number of benzene rings is 1. The number of Topliss-reactive ketones (excluding diaryl/α,β-unsaturated/α-hetero) is 1. The molecule has 0 spiro atoms. The Morgan fingerprint density at radius 1 is 1.25 bits per heavy atom. The summed E-state index contributed by atoms with van der Waals surface area (Å²) in [5.41, 5.74) is 0.183. The average Bonchev–Trinajstić information content (AvgIpc) is 2.25. The van der Waals surface area contributed by atoms with Crippen LogP contribution in [0.15, 0.2) is 24.3 Å². The molecule has 0 heterocycles. The van der Waals surface area contributed by atoms with E-state index in [-0.39, 0.29) is 6.42 Å². The van der Waals surface area contributed by atoms with E-state index in [0.717, 1.165) is 12.1 Å². The van der Waals surface area contributed by atoms with Gasteiger partial charge < -0.3 is 0 Å². The smallest absolute Gasteiger partial charge is 0.195 e. The summed E-state index contributed by atoms with van der Waals surface area (Å²) in [6.07, 6.45) is 0.523. The molecule has 4 heteroatoms. The van der Waals surface area contributed by atoms with Gasteiger partial charge in [0.1, 0.15) is 0 Å². The Morgan fingerprint density at radius 2 is 1.88 bits per heavy atom. The molecule has 0 aliphatic heterocycles. The van der Waals surface area contributed by atoms with E-state index in [4.69, 9.17) is 0 Å². The zero-order valence-corrected chi connectivity index (χ0v) is 8.82. The summed E-state index contributed by atoms with van der Waals surface area (Å²) in [6, 6.07) is 1.68. The van der Waals surface area contributed by atoms with Gasteiger partial charge in [-0.25, -0.2) is 13.2 Å². The number of carbonyl (C=O) groups excluding carboxylic acids is 1. The maximum atomic E-state index is 13.2. The van der Waals surface area contributed by atoms with Gasteiger partial charge in [-0.15, -0.1) is 0 Å². The van der Waals surface area contributed by atoms with Crippen molar-refractivity contribution in [1.29, 1.82) is 0 Å². The molecule has 16 heavy (non-hydrogen) atoms. The Morgan fingerprint density at radius 3 is 2.44 bits per heavy atom. The summed E-state index contributed by atoms with van der Waals surface area (Å²) in [6.45, 7) is 5.40. The van der Waals surface area contributed by atoms with Crippen LogP contribution in [-0.4, -0.2) is 5.78 Å². The van der Waals surface area contributed by atoms with Crippen LogP contribution >= 0.6 is 0 Å². The first-order chi connectivity index (χ1) is 7.47. The Bertz CT molecular complexity index is 438. The Labute approximate surface area is 91.6 Å². The van der Waals surface area contributed by atoms with Crippen molar-refractivity contribution in [2.24, 2.45) is 0 Å². The molecule has 0 atom stereocenters. The topological polar surface area (TPSA) is 17.1 Å². The van der Waals surface area contributed by atoms with Gasteiger partial charge in [-0.2, -0.15) is 0 Å². The van der Waals surface area contributed by atoms with Crippen molar-refractivity contribution in [1.82, 2.24) is 0 Å². The third-order valence-corrected chi connectivity index (χ3v) is 2.25. The highest BCUT2D eigenvalue weighted by Gasteiger charge is 2.18. The monoisotopic (exact) mass is 228 g/mol. The number of halogens is 3. The summed E-state index contributed by atoms with van der Waals surface area (Å²) in [5, 5.41) is 0. The quantitative estimate of drug-likeness (QED) is 0.437. The number of ketones is 1. The van der Waals surface area contributed by atoms with Crippen LogP contribution in [0.25, 0.3) is 0 Å². The first kappa shape index (κ1) is 12.5. The van der Waals surface area contributed by atoms with Crippen molar-refractivity contribution < 1.29 is 18.0 Å². The number of rotatable bonds is 4. The number of hydrogen-bond acceptors (Lipinski definition) is 1. The normalized spacial score (nSPS) is 10.2. The van der Waals surface area contributed by atoms with Gasteiger partial charge in [0.05, 0.1) is 5.56 Å². The zero-order chi connectivity index (χ0) is 12.3. The third kappa shape index (κ3) is 2.51. The van der Waals surface area contributed by atoms with E-state index in [1.165, 1.54) is 0 Å². The lowest BCUT2D eigenvalue weighted by Gasteiger charge is -2.04. The van der Waals surface area contributed by atoms with E-state index < -0.39 is 28.8 Å². The summed E-state index contributed by atoms with van der Waals surface area (Å²) in [4.78, 5) is 11.5. The number of allylic oxidation sites excluding steroid dienone is 1. The van der Waals surface area contributed by atoms with Gasteiger partial charge >= 0.3 is 0 Å². The highest BCUT2D eigenvalue weighted by atomic mass is 19.2. The average molecular weight is 228 g/mol.